The molecule has 0 saturated heterocycles. The highest BCUT2D eigenvalue weighted by Gasteiger charge is 2.15. The molecule has 0 unspecified atom stereocenters. The number of rotatable bonds is 3. The van der Waals surface area contributed by atoms with E-state index in [-0.39, 0.29) is 17.9 Å². The van der Waals surface area contributed by atoms with Crippen LogP contribution in [0.15, 0.2) is 33.1 Å². The van der Waals surface area contributed by atoms with Gasteiger partial charge < -0.3 is 4.42 Å². The van der Waals surface area contributed by atoms with Gasteiger partial charge in [0, 0.05) is 5.56 Å². The van der Waals surface area contributed by atoms with E-state index < -0.39 is 5.91 Å². The molecule has 108 valence electrons. The van der Waals surface area contributed by atoms with Gasteiger partial charge in [-0.3, -0.25) is 19.6 Å². The van der Waals surface area contributed by atoms with E-state index in [1.54, 1.807) is 19.1 Å². The van der Waals surface area contributed by atoms with E-state index in [0.717, 1.165) is 0 Å². The van der Waals surface area contributed by atoms with Gasteiger partial charge in [0.15, 0.2) is 5.76 Å². The smallest absolute Gasteiger partial charge is 0.301 e. The summed E-state index contributed by atoms with van der Waals surface area (Å²) in [7, 11) is 0. The summed E-state index contributed by atoms with van der Waals surface area (Å²) in [5, 5.41) is 2.40. The third-order valence-electron chi connectivity index (χ3n) is 3.08. The van der Waals surface area contributed by atoms with E-state index in [9.17, 15) is 9.59 Å². The number of nitrogen functional groups attached to an aromatic ring is 1. The third kappa shape index (κ3) is 2.34. The Morgan fingerprint density at radius 2 is 2.38 bits per heavy atom. The predicted octanol–water partition coefficient (Wildman–Crippen LogP) is 1.01. The lowest BCUT2D eigenvalue weighted by Gasteiger charge is -2.02. The summed E-state index contributed by atoms with van der Waals surface area (Å²) in [6, 6.07) is 3.45. The molecule has 3 aromatic heterocycles. The van der Waals surface area contributed by atoms with Crippen molar-refractivity contribution >= 4 is 27.5 Å². The van der Waals surface area contributed by atoms with E-state index in [4.69, 9.17) is 10.3 Å². The van der Waals surface area contributed by atoms with Crippen molar-refractivity contribution < 1.29 is 9.21 Å². The maximum Gasteiger partial charge on any atom is 0.301 e. The fraction of sp³-hybridized carbons (Fsp3) is 0.154. The van der Waals surface area contributed by atoms with Crippen LogP contribution in [0.2, 0.25) is 0 Å². The summed E-state index contributed by atoms with van der Waals surface area (Å²) < 4.78 is 6.88. The van der Waals surface area contributed by atoms with Crippen molar-refractivity contribution in [1.29, 1.82) is 0 Å². The Bertz CT molecular complexity index is 877. The second kappa shape index (κ2) is 5.15. The van der Waals surface area contributed by atoms with Crippen molar-refractivity contribution in [2.45, 2.75) is 13.5 Å². The largest absolute Gasteiger partial charge is 0.454 e. The Labute approximate surface area is 123 Å². The molecule has 3 aromatic rings. The topological polar surface area (TPSA) is 103 Å². The molecule has 0 saturated carbocycles. The number of nitrogens with two attached hydrogens (primary N) is 1. The first-order valence-electron chi connectivity index (χ1n) is 6.13. The first kappa shape index (κ1) is 13.5. The van der Waals surface area contributed by atoms with E-state index in [1.807, 2.05) is 10.8 Å². The number of nitrogens with one attached hydrogen (secondary N) is 1. The average molecular weight is 304 g/mol. The van der Waals surface area contributed by atoms with Crippen molar-refractivity contribution in [3.63, 3.8) is 0 Å². The molecular weight excluding hydrogens is 292 g/mol. The van der Waals surface area contributed by atoms with Crippen LogP contribution < -0.4 is 16.8 Å². The number of hydrazine groups is 1. The van der Waals surface area contributed by atoms with Crippen LogP contribution in [-0.2, 0) is 6.54 Å². The Balaban J connectivity index is 1.97. The summed E-state index contributed by atoms with van der Waals surface area (Å²) in [4.78, 5) is 28.7. The van der Waals surface area contributed by atoms with E-state index in [2.05, 4.69) is 4.98 Å². The van der Waals surface area contributed by atoms with Gasteiger partial charge in [0.1, 0.15) is 10.6 Å². The van der Waals surface area contributed by atoms with Crippen LogP contribution >= 0.6 is 11.3 Å². The molecule has 0 aromatic carbocycles. The highest BCUT2D eigenvalue weighted by atomic mass is 32.1. The van der Waals surface area contributed by atoms with E-state index in [0.29, 0.717) is 21.5 Å². The summed E-state index contributed by atoms with van der Waals surface area (Å²) in [6.45, 7) is 1.94. The van der Waals surface area contributed by atoms with Gasteiger partial charge in [0.25, 0.3) is 5.56 Å². The van der Waals surface area contributed by atoms with Gasteiger partial charge in [-0.1, -0.05) is 0 Å². The van der Waals surface area contributed by atoms with Crippen molar-refractivity contribution in [3.05, 3.63) is 51.3 Å². The SMILES string of the molecule is Cc1cc(Cn2cnc3sccc3c2=O)oc1C(=O)NN. The van der Waals surface area contributed by atoms with Crippen LogP contribution in [0, 0.1) is 6.92 Å². The maximum absolute atomic E-state index is 12.3. The Hall–Kier alpha value is -2.45. The van der Waals surface area contributed by atoms with Crippen LogP contribution in [0.25, 0.3) is 10.2 Å². The van der Waals surface area contributed by atoms with Gasteiger partial charge in [0.2, 0.25) is 0 Å². The zero-order valence-corrected chi connectivity index (χ0v) is 11.9. The maximum atomic E-state index is 12.3. The van der Waals surface area contributed by atoms with Crippen LogP contribution in [0.1, 0.15) is 21.9 Å². The molecule has 0 aliphatic rings. The van der Waals surface area contributed by atoms with Gasteiger partial charge in [-0.2, -0.15) is 0 Å². The lowest BCUT2D eigenvalue weighted by molar-refractivity contribution is 0.0923. The van der Waals surface area contributed by atoms with Crippen LogP contribution in [0.3, 0.4) is 0 Å². The lowest BCUT2D eigenvalue weighted by atomic mass is 10.2. The number of carbonyl (C=O) groups is 1. The molecule has 3 heterocycles. The molecule has 1 amide bonds. The molecular formula is C13H12N4O3S. The number of amides is 1. The minimum absolute atomic E-state index is 0.139. The highest BCUT2D eigenvalue weighted by molar-refractivity contribution is 7.16. The molecule has 0 aliphatic carbocycles. The molecule has 21 heavy (non-hydrogen) atoms. The molecule has 3 N–H and O–H groups in total. The molecule has 0 spiro atoms. The molecule has 8 heteroatoms. The number of nitrogens with zero attached hydrogens (tertiary/aromatic N) is 2. The second-order valence-corrected chi connectivity index (χ2v) is 5.41. The van der Waals surface area contributed by atoms with Crippen LogP contribution in [-0.4, -0.2) is 15.5 Å². The number of thiophene rings is 1. The zero-order chi connectivity index (χ0) is 15.0. The zero-order valence-electron chi connectivity index (χ0n) is 11.1. The fourth-order valence-corrected chi connectivity index (χ4v) is 2.81. The van der Waals surface area contributed by atoms with Crippen molar-refractivity contribution in [2.75, 3.05) is 0 Å². The minimum Gasteiger partial charge on any atom is -0.454 e. The summed E-state index contributed by atoms with van der Waals surface area (Å²) in [5.41, 5.74) is 2.54. The van der Waals surface area contributed by atoms with Crippen molar-refractivity contribution in [1.82, 2.24) is 15.0 Å². The predicted molar refractivity (Wildman–Crippen MR) is 78.1 cm³/mol. The minimum atomic E-state index is -0.502. The van der Waals surface area contributed by atoms with Gasteiger partial charge in [0.05, 0.1) is 18.3 Å². The Kier molecular flexibility index (Phi) is 3.32. The second-order valence-electron chi connectivity index (χ2n) is 4.52. The average Bonchev–Trinajstić information content (AvgIpc) is 3.08. The molecule has 7 nitrogen and oxygen atoms in total. The number of hydrogen-bond donors (Lipinski definition) is 2. The van der Waals surface area contributed by atoms with E-state index >= 15 is 0 Å². The highest BCUT2D eigenvalue weighted by Crippen LogP contribution is 2.17. The summed E-state index contributed by atoms with van der Waals surface area (Å²) >= 11 is 1.42. The van der Waals surface area contributed by atoms with Crippen molar-refractivity contribution in [2.24, 2.45) is 5.84 Å². The van der Waals surface area contributed by atoms with Crippen molar-refractivity contribution in [3.8, 4) is 0 Å². The lowest BCUT2D eigenvalue weighted by Crippen LogP contribution is -2.30. The number of furan rings is 1. The number of fused-ring (bicyclic) bond motifs is 1. The normalized spacial score (nSPS) is 11.0. The molecule has 0 radical (unpaired) electrons. The molecule has 0 fully saturated rings. The number of aromatic nitrogens is 2. The number of carbonyl (C=O) groups excluding carboxylic acids is 1. The molecule has 0 aliphatic heterocycles. The van der Waals surface area contributed by atoms with Gasteiger partial charge in [-0.15, -0.1) is 11.3 Å². The number of aryl methyl sites for hydroxylation is 1. The first-order chi connectivity index (χ1) is 10.1. The Morgan fingerprint density at radius 1 is 1.57 bits per heavy atom. The third-order valence-corrected chi connectivity index (χ3v) is 3.90. The van der Waals surface area contributed by atoms with Gasteiger partial charge in [-0.05, 0) is 24.4 Å². The van der Waals surface area contributed by atoms with E-state index in [1.165, 1.54) is 22.2 Å². The molecule has 3 rings (SSSR count). The summed E-state index contributed by atoms with van der Waals surface area (Å²) in [6.07, 6.45) is 1.47. The van der Waals surface area contributed by atoms with Gasteiger partial charge in [-0.25, -0.2) is 10.8 Å². The molecule has 0 atom stereocenters. The van der Waals surface area contributed by atoms with Gasteiger partial charge >= 0.3 is 5.91 Å². The molecule has 0 bridgehead atoms. The monoisotopic (exact) mass is 304 g/mol. The Morgan fingerprint density at radius 3 is 3.14 bits per heavy atom. The van der Waals surface area contributed by atoms with Crippen LogP contribution in [0.5, 0.6) is 0 Å². The summed E-state index contributed by atoms with van der Waals surface area (Å²) in [5.74, 6) is 5.22. The fourth-order valence-electron chi connectivity index (χ4n) is 2.09. The van der Waals surface area contributed by atoms with Crippen LogP contribution in [0.4, 0.5) is 0 Å². The standard InChI is InChI=1S/C13H12N4O3S/c1-7-4-8(20-10(7)11(18)16-14)5-17-6-15-12-9(13(17)19)2-3-21-12/h2-4,6H,5,14H2,1H3,(H,16,18). The quantitative estimate of drug-likeness (QED) is 0.427. The first-order valence-corrected chi connectivity index (χ1v) is 7.01. The number of hydrogen-bond acceptors (Lipinski definition) is 6.